The maximum Gasteiger partial charge on any atom is 0.0600 e. The fourth-order valence-electron chi connectivity index (χ4n) is 2.06. The predicted octanol–water partition coefficient (Wildman–Crippen LogP) is 3.93. The molecule has 94 valence electrons. The minimum absolute atomic E-state index is 0.769. The first-order valence-corrected chi connectivity index (χ1v) is 6.30. The lowest BCUT2D eigenvalue weighted by molar-refractivity contribution is 1.00. The van der Waals surface area contributed by atoms with Gasteiger partial charge >= 0.3 is 0 Å². The van der Waals surface area contributed by atoms with Crippen molar-refractivity contribution >= 4 is 5.69 Å². The van der Waals surface area contributed by atoms with Crippen molar-refractivity contribution in [1.82, 2.24) is 4.98 Å². The van der Waals surface area contributed by atoms with Gasteiger partial charge in [-0.05, 0) is 68.7 Å². The molecular formula is C16H20N2. The summed E-state index contributed by atoms with van der Waals surface area (Å²) >= 11 is 0. The van der Waals surface area contributed by atoms with Gasteiger partial charge in [-0.25, -0.2) is 0 Å². The number of aromatic nitrogens is 1. The average Bonchev–Trinajstić information content (AvgIpc) is 2.29. The Morgan fingerprint density at radius 3 is 2.39 bits per heavy atom. The first-order valence-electron chi connectivity index (χ1n) is 6.30. The molecule has 2 aromatic rings. The maximum absolute atomic E-state index is 4.53. The van der Waals surface area contributed by atoms with Gasteiger partial charge in [-0.1, -0.05) is 6.07 Å². The van der Waals surface area contributed by atoms with Gasteiger partial charge in [0.15, 0.2) is 0 Å². The van der Waals surface area contributed by atoms with Crippen LogP contribution in [0.25, 0.3) is 0 Å². The van der Waals surface area contributed by atoms with E-state index in [0.717, 1.165) is 23.6 Å². The van der Waals surface area contributed by atoms with Crippen molar-refractivity contribution in [3.8, 4) is 0 Å². The zero-order valence-electron chi connectivity index (χ0n) is 11.5. The van der Waals surface area contributed by atoms with Gasteiger partial charge in [-0.2, -0.15) is 0 Å². The molecule has 0 saturated heterocycles. The van der Waals surface area contributed by atoms with Crippen molar-refractivity contribution in [2.75, 3.05) is 5.32 Å². The van der Waals surface area contributed by atoms with Crippen LogP contribution in [0.4, 0.5) is 5.69 Å². The summed E-state index contributed by atoms with van der Waals surface area (Å²) in [6.07, 6.45) is 0. The number of hydrogen-bond acceptors (Lipinski definition) is 2. The molecule has 0 fully saturated rings. The molecule has 0 aliphatic carbocycles. The molecule has 0 aliphatic rings. The first kappa shape index (κ1) is 12.6. The Hall–Kier alpha value is -1.83. The van der Waals surface area contributed by atoms with Crippen LogP contribution in [0, 0.1) is 27.7 Å². The Labute approximate surface area is 109 Å². The highest BCUT2D eigenvalue weighted by Gasteiger charge is 1.99. The molecule has 2 heteroatoms. The number of pyridine rings is 1. The van der Waals surface area contributed by atoms with Crippen molar-refractivity contribution in [2.24, 2.45) is 0 Å². The molecule has 0 spiro atoms. The fraction of sp³-hybridized carbons (Fsp3) is 0.312. The van der Waals surface area contributed by atoms with E-state index in [-0.39, 0.29) is 0 Å². The van der Waals surface area contributed by atoms with Crippen molar-refractivity contribution < 1.29 is 0 Å². The summed E-state index contributed by atoms with van der Waals surface area (Å²) in [7, 11) is 0. The number of aryl methyl sites for hydroxylation is 4. The predicted molar refractivity (Wildman–Crippen MR) is 77.0 cm³/mol. The van der Waals surface area contributed by atoms with Gasteiger partial charge in [0.05, 0.1) is 12.2 Å². The van der Waals surface area contributed by atoms with E-state index in [4.69, 9.17) is 0 Å². The minimum atomic E-state index is 0.769. The Morgan fingerprint density at radius 1 is 0.944 bits per heavy atom. The lowest BCUT2D eigenvalue weighted by Gasteiger charge is -2.09. The third kappa shape index (κ3) is 3.10. The molecule has 0 bridgehead atoms. The molecule has 2 nitrogen and oxygen atoms in total. The third-order valence-electron chi connectivity index (χ3n) is 3.13. The maximum atomic E-state index is 4.53. The van der Waals surface area contributed by atoms with Gasteiger partial charge in [-0.3, -0.25) is 4.98 Å². The molecule has 1 N–H and O–H groups in total. The molecule has 1 aromatic heterocycles. The van der Waals surface area contributed by atoms with Crippen molar-refractivity contribution in [1.29, 1.82) is 0 Å². The highest BCUT2D eigenvalue weighted by molar-refractivity contribution is 5.48. The van der Waals surface area contributed by atoms with Gasteiger partial charge < -0.3 is 5.32 Å². The molecule has 0 unspecified atom stereocenters. The van der Waals surface area contributed by atoms with Crippen molar-refractivity contribution in [2.45, 2.75) is 34.2 Å². The normalized spacial score (nSPS) is 10.4. The van der Waals surface area contributed by atoms with Crippen LogP contribution in [0.3, 0.4) is 0 Å². The summed E-state index contributed by atoms with van der Waals surface area (Å²) in [5.74, 6) is 0. The Balaban J connectivity index is 2.08. The average molecular weight is 240 g/mol. The topological polar surface area (TPSA) is 24.9 Å². The number of rotatable bonds is 3. The van der Waals surface area contributed by atoms with Crippen LogP contribution in [0.1, 0.15) is 28.1 Å². The standard InChI is InChI=1S/C16H20N2/c1-11-7-14(4)18-16(8-11)10-17-15-6-5-12(2)13(3)9-15/h5-9,17H,10H2,1-4H3. The van der Waals surface area contributed by atoms with Crippen molar-refractivity contribution in [3.05, 3.63) is 58.4 Å². The lowest BCUT2D eigenvalue weighted by Crippen LogP contribution is -2.03. The SMILES string of the molecule is Cc1cc(C)nc(CNc2ccc(C)c(C)c2)c1. The van der Waals surface area contributed by atoms with Gasteiger partial charge in [0.1, 0.15) is 0 Å². The van der Waals surface area contributed by atoms with E-state index >= 15 is 0 Å². The van der Waals surface area contributed by atoms with E-state index in [1.165, 1.54) is 16.7 Å². The zero-order chi connectivity index (χ0) is 13.1. The summed E-state index contributed by atoms with van der Waals surface area (Å²) in [6, 6.07) is 10.7. The Bertz CT molecular complexity index is 539. The van der Waals surface area contributed by atoms with Crippen LogP contribution in [0.5, 0.6) is 0 Å². The number of nitrogens with one attached hydrogen (secondary N) is 1. The molecule has 1 heterocycles. The van der Waals surface area contributed by atoms with Crippen LogP contribution in [0.15, 0.2) is 30.3 Å². The molecule has 0 radical (unpaired) electrons. The highest BCUT2D eigenvalue weighted by atomic mass is 14.9. The summed E-state index contributed by atoms with van der Waals surface area (Å²) in [5, 5.41) is 3.42. The smallest absolute Gasteiger partial charge is 0.0600 e. The second-order valence-corrected chi connectivity index (χ2v) is 4.93. The summed E-state index contributed by atoms with van der Waals surface area (Å²) in [5.41, 5.74) is 7.22. The van der Waals surface area contributed by atoms with E-state index < -0.39 is 0 Å². The van der Waals surface area contributed by atoms with E-state index in [1.807, 2.05) is 6.92 Å². The van der Waals surface area contributed by atoms with Crippen LogP contribution in [-0.2, 0) is 6.54 Å². The quantitative estimate of drug-likeness (QED) is 0.879. The molecular weight excluding hydrogens is 220 g/mol. The molecule has 0 aliphatic heterocycles. The monoisotopic (exact) mass is 240 g/mol. The first-order chi connectivity index (χ1) is 8.54. The van der Waals surface area contributed by atoms with Crippen LogP contribution in [0.2, 0.25) is 0 Å². The largest absolute Gasteiger partial charge is 0.379 e. The Kier molecular flexibility index (Phi) is 3.66. The van der Waals surface area contributed by atoms with Gasteiger partial charge in [0, 0.05) is 11.4 Å². The molecule has 0 atom stereocenters. The highest BCUT2D eigenvalue weighted by Crippen LogP contribution is 2.15. The molecule has 0 amide bonds. The molecule has 18 heavy (non-hydrogen) atoms. The third-order valence-corrected chi connectivity index (χ3v) is 3.13. The number of anilines is 1. The van der Waals surface area contributed by atoms with Crippen molar-refractivity contribution in [3.63, 3.8) is 0 Å². The molecule has 1 aromatic carbocycles. The van der Waals surface area contributed by atoms with Crippen LogP contribution < -0.4 is 5.32 Å². The van der Waals surface area contributed by atoms with Gasteiger partial charge in [0.25, 0.3) is 0 Å². The van der Waals surface area contributed by atoms with E-state index in [1.54, 1.807) is 0 Å². The summed E-state index contributed by atoms with van der Waals surface area (Å²) in [6.45, 7) is 9.17. The summed E-state index contributed by atoms with van der Waals surface area (Å²) < 4.78 is 0. The second kappa shape index (κ2) is 5.21. The Morgan fingerprint density at radius 2 is 1.72 bits per heavy atom. The second-order valence-electron chi connectivity index (χ2n) is 4.93. The van der Waals surface area contributed by atoms with E-state index in [0.29, 0.717) is 0 Å². The number of hydrogen-bond donors (Lipinski definition) is 1. The fourth-order valence-corrected chi connectivity index (χ4v) is 2.06. The molecule has 2 rings (SSSR count). The van der Waals surface area contributed by atoms with Gasteiger partial charge in [-0.15, -0.1) is 0 Å². The minimum Gasteiger partial charge on any atom is -0.379 e. The van der Waals surface area contributed by atoms with E-state index in [9.17, 15) is 0 Å². The van der Waals surface area contributed by atoms with Crippen LogP contribution in [-0.4, -0.2) is 4.98 Å². The van der Waals surface area contributed by atoms with Crippen LogP contribution >= 0.6 is 0 Å². The number of benzene rings is 1. The van der Waals surface area contributed by atoms with E-state index in [2.05, 4.69) is 61.4 Å². The zero-order valence-corrected chi connectivity index (χ0v) is 11.5. The van der Waals surface area contributed by atoms with Gasteiger partial charge in [0.2, 0.25) is 0 Å². The number of nitrogens with zero attached hydrogens (tertiary/aromatic N) is 1. The molecule has 0 saturated carbocycles. The lowest BCUT2D eigenvalue weighted by atomic mass is 10.1. The summed E-state index contributed by atoms with van der Waals surface area (Å²) in [4.78, 5) is 4.53.